The third-order valence-corrected chi connectivity index (χ3v) is 5.89. The highest BCUT2D eigenvalue weighted by molar-refractivity contribution is 7.15. The van der Waals surface area contributed by atoms with Gasteiger partial charge in [0, 0.05) is 19.1 Å². The molecule has 1 aliphatic carbocycles. The van der Waals surface area contributed by atoms with E-state index in [-0.39, 0.29) is 23.5 Å². The normalized spacial score (nSPS) is 21.2. The molecule has 1 atom stereocenters. The van der Waals surface area contributed by atoms with Crippen molar-refractivity contribution >= 4 is 22.5 Å². The number of halogens is 1. The predicted octanol–water partition coefficient (Wildman–Crippen LogP) is 3.49. The SMILES string of the molecule is O=C(Nc1nnc(Cc2ccc(F)cc2)s1)NC1CCOC2(CCC2)C1. The Morgan fingerprint density at radius 3 is 2.85 bits per heavy atom. The maximum absolute atomic E-state index is 13.0. The Bertz CT molecular complexity index is 776. The van der Waals surface area contributed by atoms with Gasteiger partial charge < -0.3 is 10.1 Å². The van der Waals surface area contributed by atoms with Crippen LogP contribution in [-0.4, -0.2) is 34.5 Å². The van der Waals surface area contributed by atoms with Crippen molar-refractivity contribution in [3.63, 3.8) is 0 Å². The van der Waals surface area contributed by atoms with E-state index in [4.69, 9.17) is 4.74 Å². The summed E-state index contributed by atoms with van der Waals surface area (Å²) in [6.45, 7) is 0.700. The third-order valence-electron chi connectivity index (χ3n) is 5.05. The molecule has 1 aromatic heterocycles. The van der Waals surface area contributed by atoms with Gasteiger partial charge in [0.15, 0.2) is 0 Å². The van der Waals surface area contributed by atoms with Crippen molar-refractivity contribution in [2.75, 3.05) is 11.9 Å². The molecule has 1 saturated heterocycles. The first kappa shape index (κ1) is 17.4. The molecular weight excluding hydrogens is 355 g/mol. The monoisotopic (exact) mass is 376 g/mol. The van der Waals surface area contributed by atoms with Crippen LogP contribution in [0.1, 0.15) is 42.7 Å². The first-order chi connectivity index (χ1) is 12.6. The quantitative estimate of drug-likeness (QED) is 0.856. The zero-order valence-electron chi connectivity index (χ0n) is 14.3. The molecule has 2 amide bonds. The number of benzene rings is 1. The fourth-order valence-electron chi connectivity index (χ4n) is 3.54. The first-order valence-electron chi connectivity index (χ1n) is 8.89. The Kier molecular flexibility index (Phi) is 4.86. The molecule has 4 rings (SSSR count). The van der Waals surface area contributed by atoms with Gasteiger partial charge >= 0.3 is 6.03 Å². The fraction of sp³-hybridized carbons (Fsp3) is 0.500. The topological polar surface area (TPSA) is 76.1 Å². The molecule has 1 aromatic carbocycles. The highest BCUT2D eigenvalue weighted by atomic mass is 32.1. The number of aromatic nitrogens is 2. The summed E-state index contributed by atoms with van der Waals surface area (Å²) in [6.07, 6.45) is 5.67. The largest absolute Gasteiger partial charge is 0.375 e. The number of hydrogen-bond acceptors (Lipinski definition) is 5. The third kappa shape index (κ3) is 4.02. The Morgan fingerprint density at radius 1 is 1.31 bits per heavy atom. The summed E-state index contributed by atoms with van der Waals surface area (Å²) >= 11 is 1.33. The van der Waals surface area contributed by atoms with Crippen LogP contribution in [0.15, 0.2) is 24.3 Å². The van der Waals surface area contributed by atoms with Gasteiger partial charge in [-0.2, -0.15) is 0 Å². The number of rotatable bonds is 4. The molecule has 0 bridgehead atoms. The highest BCUT2D eigenvalue weighted by Crippen LogP contribution is 2.42. The maximum atomic E-state index is 13.0. The van der Waals surface area contributed by atoms with Crippen molar-refractivity contribution in [1.82, 2.24) is 15.5 Å². The van der Waals surface area contributed by atoms with E-state index >= 15 is 0 Å². The number of anilines is 1. The number of nitrogens with zero attached hydrogens (tertiary/aromatic N) is 2. The van der Waals surface area contributed by atoms with Crippen LogP contribution < -0.4 is 10.6 Å². The van der Waals surface area contributed by atoms with Crippen LogP contribution >= 0.6 is 11.3 Å². The van der Waals surface area contributed by atoms with Gasteiger partial charge in [-0.05, 0) is 49.8 Å². The van der Waals surface area contributed by atoms with Gasteiger partial charge in [-0.3, -0.25) is 5.32 Å². The number of carbonyl (C=O) groups is 1. The summed E-state index contributed by atoms with van der Waals surface area (Å²) in [7, 11) is 0. The van der Waals surface area contributed by atoms with Gasteiger partial charge in [-0.1, -0.05) is 23.5 Å². The zero-order valence-corrected chi connectivity index (χ0v) is 15.2. The molecule has 8 heteroatoms. The van der Waals surface area contributed by atoms with E-state index in [1.807, 2.05) is 0 Å². The van der Waals surface area contributed by atoms with E-state index in [9.17, 15) is 9.18 Å². The number of hydrogen-bond donors (Lipinski definition) is 2. The van der Waals surface area contributed by atoms with Crippen molar-refractivity contribution in [3.8, 4) is 0 Å². The smallest absolute Gasteiger partial charge is 0.321 e. The van der Waals surface area contributed by atoms with Crippen LogP contribution in [0.2, 0.25) is 0 Å². The number of urea groups is 1. The summed E-state index contributed by atoms with van der Waals surface area (Å²) in [5.41, 5.74) is 0.952. The molecule has 6 nitrogen and oxygen atoms in total. The minimum atomic E-state index is -0.262. The average molecular weight is 376 g/mol. The zero-order chi connectivity index (χ0) is 18.0. The number of nitrogens with one attached hydrogen (secondary N) is 2. The molecule has 138 valence electrons. The van der Waals surface area contributed by atoms with E-state index < -0.39 is 0 Å². The maximum Gasteiger partial charge on any atom is 0.321 e. The molecule has 2 fully saturated rings. The predicted molar refractivity (Wildman–Crippen MR) is 96.8 cm³/mol. The van der Waals surface area contributed by atoms with Crippen LogP contribution in [0.4, 0.5) is 14.3 Å². The van der Waals surface area contributed by atoms with Crippen molar-refractivity contribution in [2.24, 2.45) is 0 Å². The minimum absolute atomic E-state index is 0.00125. The molecule has 2 N–H and O–H groups in total. The Morgan fingerprint density at radius 2 is 2.12 bits per heavy atom. The average Bonchev–Trinajstić information content (AvgIpc) is 3.02. The second-order valence-corrected chi connectivity index (χ2v) is 8.04. The van der Waals surface area contributed by atoms with Gasteiger partial charge in [0.1, 0.15) is 10.8 Å². The second kappa shape index (κ2) is 7.28. The molecule has 1 aliphatic heterocycles. The van der Waals surface area contributed by atoms with Gasteiger partial charge in [-0.15, -0.1) is 10.2 Å². The molecule has 2 heterocycles. The lowest BCUT2D eigenvalue weighted by Gasteiger charge is -2.47. The molecule has 0 radical (unpaired) electrons. The van der Waals surface area contributed by atoms with Gasteiger partial charge in [0.25, 0.3) is 0 Å². The highest BCUT2D eigenvalue weighted by Gasteiger charge is 2.42. The first-order valence-corrected chi connectivity index (χ1v) is 9.70. The minimum Gasteiger partial charge on any atom is -0.375 e. The number of amides is 2. The van der Waals surface area contributed by atoms with Crippen LogP contribution in [-0.2, 0) is 11.2 Å². The van der Waals surface area contributed by atoms with Crippen molar-refractivity contribution < 1.29 is 13.9 Å². The van der Waals surface area contributed by atoms with E-state index in [2.05, 4.69) is 20.8 Å². The van der Waals surface area contributed by atoms with Crippen molar-refractivity contribution in [1.29, 1.82) is 0 Å². The van der Waals surface area contributed by atoms with Crippen LogP contribution in [0.5, 0.6) is 0 Å². The summed E-state index contributed by atoms with van der Waals surface area (Å²) in [6, 6.07) is 6.17. The fourth-order valence-corrected chi connectivity index (χ4v) is 4.31. The van der Waals surface area contributed by atoms with Gasteiger partial charge in [0.2, 0.25) is 5.13 Å². The van der Waals surface area contributed by atoms with E-state index in [0.717, 1.165) is 36.3 Å². The lowest BCUT2D eigenvalue weighted by molar-refractivity contribution is -0.134. The van der Waals surface area contributed by atoms with Crippen LogP contribution in [0, 0.1) is 5.82 Å². The Hall–Kier alpha value is -2.06. The molecule has 2 aromatic rings. The van der Waals surface area contributed by atoms with Crippen LogP contribution in [0.25, 0.3) is 0 Å². The summed E-state index contributed by atoms with van der Waals surface area (Å²) in [5.74, 6) is -0.262. The van der Waals surface area contributed by atoms with E-state index in [0.29, 0.717) is 18.2 Å². The van der Waals surface area contributed by atoms with Gasteiger partial charge in [-0.25, -0.2) is 9.18 Å². The van der Waals surface area contributed by atoms with Crippen LogP contribution in [0.3, 0.4) is 0 Å². The second-order valence-electron chi connectivity index (χ2n) is 6.98. The summed E-state index contributed by atoms with van der Waals surface area (Å²) in [4.78, 5) is 12.2. The molecular formula is C18H21FN4O2S. The molecule has 1 saturated carbocycles. The Balaban J connectivity index is 1.29. The number of carbonyl (C=O) groups excluding carboxylic acids is 1. The summed E-state index contributed by atoms with van der Waals surface area (Å²) in [5, 5.41) is 15.1. The van der Waals surface area contributed by atoms with Crippen molar-refractivity contribution in [2.45, 2.75) is 50.2 Å². The lowest BCUT2D eigenvalue weighted by atomic mass is 9.74. The summed E-state index contributed by atoms with van der Waals surface area (Å²) < 4.78 is 18.8. The van der Waals surface area contributed by atoms with E-state index in [1.54, 1.807) is 12.1 Å². The number of ether oxygens (including phenoxy) is 1. The van der Waals surface area contributed by atoms with Crippen molar-refractivity contribution in [3.05, 3.63) is 40.7 Å². The van der Waals surface area contributed by atoms with E-state index in [1.165, 1.54) is 29.9 Å². The molecule has 1 spiro atoms. The molecule has 2 aliphatic rings. The molecule has 1 unspecified atom stereocenters. The molecule has 26 heavy (non-hydrogen) atoms. The standard InChI is InChI=1S/C18H21FN4O2S/c19-13-4-2-12(3-5-13)10-15-22-23-17(26-15)21-16(24)20-14-6-9-25-18(11-14)7-1-8-18/h2-5,14H,1,6-11H2,(H2,20,21,23,24). The van der Waals surface area contributed by atoms with Gasteiger partial charge in [0.05, 0.1) is 5.60 Å². The lowest BCUT2D eigenvalue weighted by Crippen LogP contribution is -2.52. The Labute approximate surface area is 155 Å².